The maximum atomic E-state index is 12.7. The molecule has 1 fully saturated rings. The smallest absolute Gasteiger partial charge is 0.318 e. The third-order valence-corrected chi connectivity index (χ3v) is 7.40. The number of hydrogen-bond acceptors (Lipinski definition) is 4. The summed E-state index contributed by atoms with van der Waals surface area (Å²) in [6.45, 7) is 0.854. The van der Waals surface area contributed by atoms with E-state index < -0.39 is 15.1 Å². The topological polar surface area (TPSA) is 75.7 Å². The number of rotatable bonds is 8. The Labute approximate surface area is 199 Å². The summed E-state index contributed by atoms with van der Waals surface area (Å²) in [7, 11) is -3.48. The number of nitrogens with one attached hydrogen (secondary N) is 1. The molecule has 33 heavy (non-hydrogen) atoms. The van der Waals surface area contributed by atoms with Crippen LogP contribution in [-0.2, 0) is 16.4 Å². The lowest BCUT2D eigenvalue weighted by atomic mass is 10.1. The van der Waals surface area contributed by atoms with E-state index in [1.165, 1.54) is 6.26 Å². The third kappa shape index (κ3) is 5.67. The van der Waals surface area contributed by atoms with Gasteiger partial charge in [0.15, 0.2) is 9.84 Å². The van der Waals surface area contributed by atoms with Gasteiger partial charge < -0.3 is 15.0 Å². The van der Waals surface area contributed by atoms with E-state index in [0.717, 1.165) is 11.1 Å². The van der Waals surface area contributed by atoms with Gasteiger partial charge in [-0.3, -0.25) is 0 Å². The number of urea groups is 1. The van der Waals surface area contributed by atoms with Crippen LogP contribution in [0.2, 0.25) is 5.02 Å². The van der Waals surface area contributed by atoms with Crippen molar-refractivity contribution in [3.8, 4) is 5.75 Å². The highest BCUT2D eigenvalue weighted by atomic mass is 35.5. The zero-order chi connectivity index (χ0) is 23.4. The van der Waals surface area contributed by atoms with Crippen molar-refractivity contribution in [2.75, 3.05) is 19.3 Å². The SMILES string of the molecule is CS(=O)(=O)C(CN1C(=O)NCC1c1cccc(OCc2ccccc2)c1)c1ccc(Cl)cc1. The number of hydrogen-bond donors (Lipinski definition) is 1. The Morgan fingerprint density at radius 3 is 2.48 bits per heavy atom. The maximum absolute atomic E-state index is 12.7. The molecule has 1 heterocycles. The number of carbonyl (C=O) groups is 1. The van der Waals surface area contributed by atoms with Gasteiger partial charge in [0, 0.05) is 24.4 Å². The first-order valence-corrected chi connectivity index (χ1v) is 12.9. The summed E-state index contributed by atoms with van der Waals surface area (Å²) in [5, 5.41) is 2.50. The Morgan fingerprint density at radius 2 is 1.79 bits per heavy atom. The largest absolute Gasteiger partial charge is 0.489 e. The van der Waals surface area contributed by atoms with Gasteiger partial charge in [0.25, 0.3) is 0 Å². The first-order valence-electron chi connectivity index (χ1n) is 10.6. The number of benzene rings is 3. The highest BCUT2D eigenvalue weighted by molar-refractivity contribution is 7.91. The molecule has 3 aromatic carbocycles. The molecule has 4 rings (SSSR count). The van der Waals surface area contributed by atoms with Gasteiger partial charge in [-0.2, -0.15) is 0 Å². The molecule has 2 amide bonds. The van der Waals surface area contributed by atoms with Gasteiger partial charge in [-0.1, -0.05) is 66.2 Å². The molecule has 1 aliphatic rings. The molecule has 172 valence electrons. The highest BCUT2D eigenvalue weighted by Gasteiger charge is 2.36. The summed E-state index contributed by atoms with van der Waals surface area (Å²) >= 11 is 5.97. The van der Waals surface area contributed by atoms with Gasteiger partial charge in [0.2, 0.25) is 0 Å². The molecule has 2 unspecified atom stereocenters. The van der Waals surface area contributed by atoms with Crippen LogP contribution in [0, 0.1) is 0 Å². The van der Waals surface area contributed by atoms with Gasteiger partial charge in [-0.05, 0) is 41.0 Å². The van der Waals surface area contributed by atoms with Crippen molar-refractivity contribution < 1.29 is 17.9 Å². The van der Waals surface area contributed by atoms with Crippen LogP contribution in [0.4, 0.5) is 4.79 Å². The lowest BCUT2D eigenvalue weighted by Gasteiger charge is -2.28. The summed E-state index contributed by atoms with van der Waals surface area (Å²) in [6.07, 6.45) is 1.19. The van der Waals surface area contributed by atoms with Crippen LogP contribution in [0.25, 0.3) is 0 Å². The van der Waals surface area contributed by atoms with E-state index in [9.17, 15) is 13.2 Å². The molecule has 1 saturated heterocycles. The average Bonchev–Trinajstić information content (AvgIpc) is 3.17. The molecule has 1 N–H and O–H groups in total. The molecule has 0 spiro atoms. The van der Waals surface area contributed by atoms with Crippen LogP contribution in [0.1, 0.15) is 28.0 Å². The Balaban J connectivity index is 1.55. The Bertz CT molecular complexity index is 1220. The van der Waals surface area contributed by atoms with Crippen LogP contribution < -0.4 is 10.1 Å². The van der Waals surface area contributed by atoms with E-state index in [1.54, 1.807) is 29.2 Å². The highest BCUT2D eigenvalue weighted by Crippen LogP contribution is 2.32. The summed E-state index contributed by atoms with van der Waals surface area (Å²) < 4.78 is 31.2. The third-order valence-electron chi connectivity index (χ3n) is 5.70. The van der Waals surface area contributed by atoms with E-state index in [-0.39, 0.29) is 18.6 Å². The Kier molecular flexibility index (Phi) is 6.91. The molecular formula is C25H25ClN2O4S. The van der Waals surface area contributed by atoms with Crippen molar-refractivity contribution in [3.63, 3.8) is 0 Å². The van der Waals surface area contributed by atoms with Gasteiger partial charge in [0.1, 0.15) is 17.6 Å². The van der Waals surface area contributed by atoms with Crippen LogP contribution in [-0.4, -0.2) is 38.7 Å². The van der Waals surface area contributed by atoms with Gasteiger partial charge in [-0.25, -0.2) is 13.2 Å². The first-order chi connectivity index (χ1) is 15.8. The van der Waals surface area contributed by atoms with Crippen LogP contribution in [0.3, 0.4) is 0 Å². The number of ether oxygens (including phenoxy) is 1. The Hall–Kier alpha value is -3.03. The second kappa shape index (κ2) is 9.85. The van der Waals surface area contributed by atoms with Crippen molar-refractivity contribution in [2.45, 2.75) is 17.9 Å². The minimum absolute atomic E-state index is 0.0338. The minimum Gasteiger partial charge on any atom is -0.489 e. The fourth-order valence-corrected chi connectivity index (χ4v) is 5.15. The predicted octanol–water partition coefficient (Wildman–Crippen LogP) is 4.77. The second-order valence-corrected chi connectivity index (χ2v) is 10.7. The molecule has 8 heteroatoms. The maximum Gasteiger partial charge on any atom is 0.318 e. The average molecular weight is 485 g/mol. The minimum atomic E-state index is -3.48. The number of amides is 2. The van der Waals surface area contributed by atoms with Crippen molar-refractivity contribution in [1.82, 2.24) is 10.2 Å². The van der Waals surface area contributed by atoms with Gasteiger partial charge in [0.05, 0.1) is 6.04 Å². The molecule has 1 aliphatic heterocycles. The van der Waals surface area contributed by atoms with E-state index in [0.29, 0.717) is 29.5 Å². The summed E-state index contributed by atoms with van der Waals surface area (Å²) in [5.74, 6) is 0.688. The fraction of sp³-hybridized carbons (Fsp3) is 0.240. The van der Waals surface area contributed by atoms with E-state index in [2.05, 4.69) is 5.32 Å². The Morgan fingerprint density at radius 1 is 1.06 bits per heavy atom. The number of nitrogens with zero attached hydrogens (tertiary/aromatic N) is 1. The molecule has 6 nitrogen and oxygen atoms in total. The molecule has 0 saturated carbocycles. The zero-order valence-corrected chi connectivity index (χ0v) is 19.7. The molecule has 2 atom stereocenters. The quantitative estimate of drug-likeness (QED) is 0.499. The normalized spacial score (nSPS) is 17.0. The van der Waals surface area contributed by atoms with Crippen molar-refractivity contribution in [2.24, 2.45) is 0 Å². The standard InChI is InChI=1S/C25H25ClN2O4S/c1-33(30,31)24(19-10-12-21(26)13-11-19)16-28-23(15-27-25(28)29)20-8-5-9-22(14-20)32-17-18-6-3-2-4-7-18/h2-14,23-24H,15-17H2,1H3,(H,27,29). The lowest BCUT2D eigenvalue weighted by Crippen LogP contribution is -2.36. The van der Waals surface area contributed by atoms with Crippen molar-refractivity contribution in [1.29, 1.82) is 0 Å². The van der Waals surface area contributed by atoms with Crippen LogP contribution in [0.15, 0.2) is 78.9 Å². The summed E-state index contributed by atoms with van der Waals surface area (Å²) in [5.41, 5.74) is 2.53. The first kappa shape index (κ1) is 23.1. The van der Waals surface area contributed by atoms with E-state index >= 15 is 0 Å². The number of carbonyl (C=O) groups excluding carboxylic acids is 1. The summed E-state index contributed by atoms with van der Waals surface area (Å²) in [4.78, 5) is 14.2. The molecule has 0 radical (unpaired) electrons. The monoisotopic (exact) mass is 484 g/mol. The van der Waals surface area contributed by atoms with E-state index in [1.807, 2.05) is 54.6 Å². The summed E-state index contributed by atoms with van der Waals surface area (Å²) in [6, 6.07) is 23.5. The van der Waals surface area contributed by atoms with E-state index in [4.69, 9.17) is 16.3 Å². The number of halogens is 1. The van der Waals surface area contributed by atoms with Crippen molar-refractivity contribution in [3.05, 3.63) is 101 Å². The van der Waals surface area contributed by atoms with Crippen molar-refractivity contribution >= 4 is 27.5 Å². The van der Waals surface area contributed by atoms with Gasteiger partial charge >= 0.3 is 6.03 Å². The molecule has 3 aromatic rings. The number of sulfone groups is 1. The predicted molar refractivity (Wildman–Crippen MR) is 129 cm³/mol. The van der Waals surface area contributed by atoms with Crippen LogP contribution in [0.5, 0.6) is 5.75 Å². The fourth-order valence-electron chi connectivity index (χ4n) is 3.94. The molecule has 0 bridgehead atoms. The van der Waals surface area contributed by atoms with Crippen LogP contribution >= 0.6 is 11.6 Å². The second-order valence-electron chi connectivity index (χ2n) is 8.07. The lowest BCUT2D eigenvalue weighted by molar-refractivity contribution is 0.203. The zero-order valence-electron chi connectivity index (χ0n) is 18.1. The molecule has 0 aromatic heterocycles. The molecular weight excluding hydrogens is 460 g/mol. The molecule has 0 aliphatic carbocycles. The van der Waals surface area contributed by atoms with Gasteiger partial charge in [-0.15, -0.1) is 0 Å².